The number of rotatable bonds is 3. The number of hydrogen-bond acceptors (Lipinski definition) is 4. The molecule has 2 heterocycles. The first-order chi connectivity index (χ1) is 13.6. The summed E-state index contributed by atoms with van der Waals surface area (Å²) in [6.45, 7) is 0. The molecule has 0 unspecified atom stereocenters. The van der Waals surface area contributed by atoms with E-state index in [1.165, 1.54) is 18.2 Å². The molecule has 4 rings (SSSR count). The Labute approximate surface area is 182 Å². The Morgan fingerprint density at radius 3 is 2.82 bits per heavy atom. The van der Waals surface area contributed by atoms with Crippen LogP contribution in [0.4, 0.5) is 5.69 Å². The average molecular weight is 477 g/mol. The summed E-state index contributed by atoms with van der Waals surface area (Å²) in [7, 11) is 0. The lowest BCUT2D eigenvalue weighted by Crippen LogP contribution is -2.40. The monoisotopic (exact) mass is 475 g/mol. The highest BCUT2D eigenvalue weighted by Crippen LogP contribution is 2.39. The van der Waals surface area contributed by atoms with Crippen molar-refractivity contribution in [1.29, 1.82) is 0 Å². The summed E-state index contributed by atoms with van der Waals surface area (Å²) in [6.07, 6.45) is 10.7. The predicted octanol–water partition coefficient (Wildman–Crippen LogP) is 6.43. The van der Waals surface area contributed by atoms with Crippen molar-refractivity contribution in [2.75, 3.05) is 0 Å². The quantitative estimate of drug-likeness (QED) is 0.479. The summed E-state index contributed by atoms with van der Waals surface area (Å²) < 4.78 is 0.985. The number of halogens is 2. The Hall–Kier alpha value is -1.63. The van der Waals surface area contributed by atoms with Crippen LogP contribution >= 0.6 is 39.3 Å². The van der Waals surface area contributed by atoms with Gasteiger partial charge in [0.25, 0.3) is 5.91 Å². The van der Waals surface area contributed by atoms with Crippen LogP contribution in [0.15, 0.2) is 57.1 Å². The number of carbonyl (C=O) groups excluding carboxylic acids is 1. The van der Waals surface area contributed by atoms with Crippen LogP contribution in [-0.2, 0) is 4.79 Å². The topological polar surface area (TPSA) is 45.6 Å². The Bertz CT molecular complexity index is 956. The van der Waals surface area contributed by atoms with Gasteiger partial charge in [-0.3, -0.25) is 14.7 Å². The third-order valence-electron chi connectivity index (χ3n) is 4.89. The van der Waals surface area contributed by atoms with Crippen LogP contribution in [0.3, 0.4) is 0 Å². The van der Waals surface area contributed by atoms with E-state index < -0.39 is 0 Å². The maximum Gasteiger partial charge on any atom is 0.267 e. The first-order valence-corrected chi connectivity index (χ1v) is 11.3. The third kappa shape index (κ3) is 4.34. The number of aliphatic imine (C=N–C) groups is 1. The minimum atomic E-state index is 0.0285. The van der Waals surface area contributed by atoms with E-state index in [0.717, 1.165) is 35.7 Å². The molecule has 1 amide bonds. The number of nitrogens with zero attached hydrogens (tertiary/aromatic N) is 3. The highest BCUT2D eigenvalue weighted by atomic mass is 79.9. The summed E-state index contributed by atoms with van der Waals surface area (Å²) in [5.41, 5.74) is 1.62. The molecule has 1 saturated carbocycles. The normalized spacial score (nSPS) is 21.1. The van der Waals surface area contributed by atoms with Gasteiger partial charge in [0.15, 0.2) is 5.17 Å². The molecule has 4 nitrogen and oxygen atoms in total. The molecule has 2 aromatic rings. The summed E-state index contributed by atoms with van der Waals surface area (Å²) in [5, 5.41) is 1.18. The Morgan fingerprint density at radius 1 is 1.25 bits per heavy atom. The van der Waals surface area contributed by atoms with Crippen LogP contribution in [0.25, 0.3) is 6.08 Å². The van der Waals surface area contributed by atoms with Crippen LogP contribution in [0, 0.1) is 0 Å². The van der Waals surface area contributed by atoms with Crippen LogP contribution in [0.1, 0.15) is 37.7 Å². The molecule has 28 heavy (non-hydrogen) atoms. The van der Waals surface area contributed by atoms with Gasteiger partial charge in [-0.15, -0.1) is 0 Å². The van der Waals surface area contributed by atoms with Crippen molar-refractivity contribution in [2.24, 2.45) is 4.99 Å². The molecule has 1 aliphatic heterocycles. The molecule has 1 aliphatic carbocycles. The highest BCUT2D eigenvalue weighted by molar-refractivity contribution is 9.10. The molecule has 0 radical (unpaired) electrons. The van der Waals surface area contributed by atoms with Crippen LogP contribution < -0.4 is 0 Å². The molecule has 7 heteroatoms. The van der Waals surface area contributed by atoms with E-state index in [1.807, 2.05) is 35.2 Å². The van der Waals surface area contributed by atoms with Crippen molar-refractivity contribution < 1.29 is 4.79 Å². The molecule has 0 bridgehead atoms. The second-order valence-electron chi connectivity index (χ2n) is 6.85. The van der Waals surface area contributed by atoms with Crippen molar-refractivity contribution in [3.63, 3.8) is 0 Å². The maximum atomic E-state index is 13.3. The fraction of sp³-hybridized carbons (Fsp3) is 0.286. The lowest BCUT2D eigenvalue weighted by atomic mass is 9.94. The second-order valence-corrected chi connectivity index (χ2v) is 9.19. The van der Waals surface area contributed by atoms with E-state index in [1.54, 1.807) is 18.5 Å². The minimum Gasteiger partial charge on any atom is -0.283 e. The van der Waals surface area contributed by atoms with Gasteiger partial charge in [0.1, 0.15) is 0 Å². The van der Waals surface area contributed by atoms with Gasteiger partial charge < -0.3 is 0 Å². The van der Waals surface area contributed by atoms with Crippen molar-refractivity contribution >= 4 is 62.1 Å². The molecule has 1 aromatic carbocycles. The number of pyridine rings is 1. The molecule has 2 fully saturated rings. The third-order valence-corrected chi connectivity index (χ3v) is 6.66. The zero-order valence-corrected chi connectivity index (χ0v) is 18.3. The molecule has 144 valence electrons. The zero-order valence-electron chi connectivity index (χ0n) is 15.1. The molecule has 0 N–H and O–H groups in total. The molecule has 0 atom stereocenters. The molecular formula is C21H19BrClN3OS. The maximum absolute atomic E-state index is 13.3. The van der Waals surface area contributed by atoms with Crippen LogP contribution in [-0.4, -0.2) is 27.0 Å². The molecule has 2 aliphatic rings. The largest absolute Gasteiger partial charge is 0.283 e. The average Bonchev–Trinajstić information content (AvgIpc) is 2.99. The van der Waals surface area contributed by atoms with Crippen molar-refractivity contribution in [2.45, 2.75) is 38.1 Å². The van der Waals surface area contributed by atoms with E-state index in [9.17, 15) is 4.79 Å². The fourth-order valence-corrected chi connectivity index (χ4v) is 5.17. The van der Waals surface area contributed by atoms with E-state index in [4.69, 9.17) is 16.6 Å². The van der Waals surface area contributed by atoms with Crippen LogP contribution in [0.5, 0.6) is 0 Å². The van der Waals surface area contributed by atoms with E-state index in [0.29, 0.717) is 20.8 Å². The van der Waals surface area contributed by atoms with Crippen LogP contribution in [0.2, 0.25) is 5.02 Å². The number of hydrogen-bond donors (Lipinski definition) is 0. The zero-order chi connectivity index (χ0) is 19.5. The summed E-state index contributed by atoms with van der Waals surface area (Å²) in [5.74, 6) is 0.0285. The predicted molar refractivity (Wildman–Crippen MR) is 120 cm³/mol. The van der Waals surface area contributed by atoms with Gasteiger partial charge in [-0.05, 0) is 54.4 Å². The number of amides is 1. The first-order valence-electron chi connectivity index (χ1n) is 9.29. The van der Waals surface area contributed by atoms with Crippen molar-refractivity contribution in [1.82, 2.24) is 9.88 Å². The summed E-state index contributed by atoms with van der Waals surface area (Å²) >= 11 is 11.2. The Balaban J connectivity index is 1.72. The molecule has 0 spiro atoms. The lowest BCUT2D eigenvalue weighted by molar-refractivity contribution is -0.124. The van der Waals surface area contributed by atoms with Gasteiger partial charge in [0, 0.05) is 22.9 Å². The van der Waals surface area contributed by atoms with E-state index >= 15 is 0 Å². The second kappa shape index (κ2) is 8.80. The van der Waals surface area contributed by atoms with Crippen molar-refractivity contribution in [3.8, 4) is 0 Å². The SMILES string of the molecule is O=C1/C(=C/c2cccc(Br)c2)SC(=Nc2ccncc2Cl)N1C1CCCCC1. The summed E-state index contributed by atoms with van der Waals surface area (Å²) in [4.78, 5) is 24.6. The molecule has 1 aromatic heterocycles. The van der Waals surface area contributed by atoms with Crippen molar-refractivity contribution in [3.05, 3.63) is 62.7 Å². The lowest BCUT2D eigenvalue weighted by Gasteiger charge is -2.30. The molecular weight excluding hydrogens is 458 g/mol. The smallest absolute Gasteiger partial charge is 0.267 e. The fourth-order valence-electron chi connectivity index (χ4n) is 3.54. The van der Waals surface area contributed by atoms with Gasteiger partial charge >= 0.3 is 0 Å². The number of thioether (sulfide) groups is 1. The van der Waals surface area contributed by atoms with Gasteiger partial charge in [-0.1, -0.05) is 58.9 Å². The number of amidine groups is 1. The van der Waals surface area contributed by atoms with Gasteiger partial charge in [0.2, 0.25) is 0 Å². The van der Waals surface area contributed by atoms with E-state index in [-0.39, 0.29) is 11.9 Å². The number of carbonyl (C=O) groups is 1. The van der Waals surface area contributed by atoms with E-state index in [2.05, 4.69) is 20.9 Å². The minimum absolute atomic E-state index is 0.0285. The van der Waals surface area contributed by atoms with Gasteiger partial charge in [-0.2, -0.15) is 0 Å². The summed E-state index contributed by atoms with van der Waals surface area (Å²) in [6, 6.07) is 9.90. The number of benzene rings is 1. The number of aromatic nitrogens is 1. The Kier molecular flexibility index (Phi) is 6.19. The first kappa shape index (κ1) is 19.7. The van der Waals surface area contributed by atoms with Gasteiger partial charge in [-0.25, -0.2) is 4.99 Å². The highest BCUT2D eigenvalue weighted by Gasteiger charge is 2.38. The Morgan fingerprint density at radius 2 is 2.07 bits per heavy atom. The van der Waals surface area contributed by atoms with Gasteiger partial charge in [0.05, 0.1) is 15.6 Å². The standard InChI is InChI=1S/C21H19BrClN3OS/c22-15-6-4-5-14(11-15)12-19-20(27)26(16-7-2-1-3-8-16)21(28-19)25-18-9-10-24-13-17(18)23/h4-6,9-13,16H,1-3,7-8H2/b19-12-,25-21?. The molecule has 1 saturated heterocycles.